The van der Waals surface area contributed by atoms with Gasteiger partial charge in [-0.2, -0.15) is 0 Å². The van der Waals surface area contributed by atoms with E-state index >= 15 is 0 Å². The first-order chi connectivity index (χ1) is 8.69. The molecule has 18 heavy (non-hydrogen) atoms. The van der Waals surface area contributed by atoms with E-state index in [9.17, 15) is 4.79 Å². The minimum atomic E-state index is 0.297. The molecule has 2 atom stereocenters. The first-order valence-corrected chi connectivity index (χ1v) is 7.41. The standard InChI is InChI=1S/C14H27N3O/c1-3-17-9-4-5-12(8-10-17)15-13-6-7-14(18)16(2)11-13/h12-13,15H,3-11H2,1-2H3. The van der Waals surface area contributed by atoms with Crippen LogP contribution < -0.4 is 5.32 Å². The molecular formula is C14H27N3O. The van der Waals surface area contributed by atoms with Crippen molar-refractivity contribution in [1.29, 1.82) is 0 Å². The highest BCUT2D eigenvalue weighted by molar-refractivity contribution is 5.76. The molecule has 2 unspecified atom stereocenters. The molecule has 2 saturated heterocycles. The summed E-state index contributed by atoms with van der Waals surface area (Å²) < 4.78 is 0. The number of carbonyl (C=O) groups is 1. The average Bonchev–Trinajstić information content (AvgIpc) is 2.59. The summed E-state index contributed by atoms with van der Waals surface area (Å²) in [6.45, 7) is 6.77. The van der Waals surface area contributed by atoms with Gasteiger partial charge in [0, 0.05) is 32.1 Å². The van der Waals surface area contributed by atoms with Crippen LogP contribution in [0.2, 0.25) is 0 Å². The minimum absolute atomic E-state index is 0.297. The molecule has 2 heterocycles. The van der Waals surface area contributed by atoms with Crippen molar-refractivity contribution in [3.63, 3.8) is 0 Å². The van der Waals surface area contributed by atoms with Gasteiger partial charge in [0.1, 0.15) is 0 Å². The number of hydrogen-bond acceptors (Lipinski definition) is 3. The van der Waals surface area contributed by atoms with Crippen molar-refractivity contribution in [2.24, 2.45) is 0 Å². The van der Waals surface area contributed by atoms with E-state index in [-0.39, 0.29) is 0 Å². The van der Waals surface area contributed by atoms with Crippen LogP contribution in [-0.4, -0.2) is 61.0 Å². The summed E-state index contributed by atoms with van der Waals surface area (Å²) in [5, 5.41) is 3.77. The summed E-state index contributed by atoms with van der Waals surface area (Å²) in [4.78, 5) is 15.9. The van der Waals surface area contributed by atoms with E-state index in [0.717, 1.165) is 13.0 Å². The number of rotatable bonds is 3. The van der Waals surface area contributed by atoms with Gasteiger partial charge in [0.05, 0.1) is 0 Å². The largest absolute Gasteiger partial charge is 0.344 e. The first kappa shape index (κ1) is 13.8. The average molecular weight is 253 g/mol. The number of amides is 1. The summed E-state index contributed by atoms with van der Waals surface area (Å²) in [6, 6.07) is 1.15. The lowest BCUT2D eigenvalue weighted by Crippen LogP contribution is -2.49. The van der Waals surface area contributed by atoms with Crippen LogP contribution in [-0.2, 0) is 4.79 Å². The number of hydrogen-bond donors (Lipinski definition) is 1. The molecule has 2 fully saturated rings. The van der Waals surface area contributed by atoms with Gasteiger partial charge in [0.2, 0.25) is 5.91 Å². The second kappa shape index (κ2) is 6.53. The molecular weight excluding hydrogens is 226 g/mol. The third kappa shape index (κ3) is 3.69. The lowest BCUT2D eigenvalue weighted by molar-refractivity contribution is -0.132. The molecule has 2 rings (SSSR count). The topological polar surface area (TPSA) is 35.6 Å². The molecule has 4 heteroatoms. The Kier molecular flexibility index (Phi) is 5.01. The van der Waals surface area contributed by atoms with E-state index in [1.165, 1.54) is 38.9 Å². The molecule has 104 valence electrons. The van der Waals surface area contributed by atoms with Gasteiger partial charge in [-0.1, -0.05) is 6.92 Å². The lowest BCUT2D eigenvalue weighted by atomic mass is 10.0. The Morgan fingerprint density at radius 3 is 2.78 bits per heavy atom. The predicted molar refractivity (Wildman–Crippen MR) is 73.5 cm³/mol. The fourth-order valence-corrected chi connectivity index (χ4v) is 3.12. The normalized spacial score (nSPS) is 31.4. The third-order valence-electron chi connectivity index (χ3n) is 4.37. The maximum absolute atomic E-state index is 11.5. The Hall–Kier alpha value is -0.610. The van der Waals surface area contributed by atoms with Gasteiger partial charge < -0.3 is 15.1 Å². The van der Waals surface area contributed by atoms with Gasteiger partial charge in [-0.3, -0.25) is 4.79 Å². The summed E-state index contributed by atoms with van der Waals surface area (Å²) in [6.07, 6.45) is 5.55. The highest BCUT2D eigenvalue weighted by Gasteiger charge is 2.25. The highest BCUT2D eigenvalue weighted by Crippen LogP contribution is 2.15. The van der Waals surface area contributed by atoms with Crippen molar-refractivity contribution in [3.05, 3.63) is 0 Å². The molecule has 2 aliphatic rings. The molecule has 0 saturated carbocycles. The molecule has 0 bridgehead atoms. The lowest BCUT2D eigenvalue weighted by Gasteiger charge is -2.33. The molecule has 0 aromatic heterocycles. The van der Waals surface area contributed by atoms with Crippen LogP contribution in [0.1, 0.15) is 39.0 Å². The van der Waals surface area contributed by atoms with Crippen molar-refractivity contribution in [2.45, 2.75) is 51.1 Å². The second-order valence-electron chi connectivity index (χ2n) is 5.74. The minimum Gasteiger partial charge on any atom is -0.344 e. The second-order valence-corrected chi connectivity index (χ2v) is 5.74. The number of likely N-dealkylation sites (tertiary alicyclic amines) is 2. The SMILES string of the molecule is CCN1CCCC(NC2CCC(=O)N(C)C2)CC1. The van der Waals surface area contributed by atoms with Gasteiger partial charge in [-0.05, 0) is 45.3 Å². The van der Waals surface area contributed by atoms with Gasteiger partial charge in [-0.25, -0.2) is 0 Å². The smallest absolute Gasteiger partial charge is 0.222 e. The van der Waals surface area contributed by atoms with Crippen LogP contribution in [0.4, 0.5) is 0 Å². The van der Waals surface area contributed by atoms with Crippen molar-refractivity contribution < 1.29 is 4.79 Å². The van der Waals surface area contributed by atoms with Crippen LogP contribution in [0.15, 0.2) is 0 Å². The number of carbonyl (C=O) groups excluding carboxylic acids is 1. The van der Waals surface area contributed by atoms with E-state index in [4.69, 9.17) is 0 Å². The van der Waals surface area contributed by atoms with Gasteiger partial charge in [0.25, 0.3) is 0 Å². The van der Waals surface area contributed by atoms with Crippen molar-refractivity contribution >= 4 is 5.91 Å². The Bertz CT molecular complexity index is 282. The number of piperidine rings is 1. The van der Waals surface area contributed by atoms with E-state index in [1.807, 2.05) is 11.9 Å². The monoisotopic (exact) mass is 253 g/mol. The number of nitrogens with one attached hydrogen (secondary N) is 1. The molecule has 0 spiro atoms. The maximum Gasteiger partial charge on any atom is 0.222 e. The molecule has 0 aliphatic carbocycles. The molecule has 0 aromatic carbocycles. The fraction of sp³-hybridized carbons (Fsp3) is 0.929. The fourth-order valence-electron chi connectivity index (χ4n) is 3.12. The molecule has 1 N–H and O–H groups in total. The zero-order valence-corrected chi connectivity index (χ0v) is 11.8. The quantitative estimate of drug-likeness (QED) is 0.817. The Balaban J connectivity index is 1.77. The number of likely N-dealkylation sites (N-methyl/N-ethyl adjacent to an activating group) is 1. The first-order valence-electron chi connectivity index (χ1n) is 7.41. The van der Waals surface area contributed by atoms with Crippen LogP contribution in [0, 0.1) is 0 Å². The zero-order chi connectivity index (χ0) is 13.0. The van der Waals surface area contributed by atoms with Gasteiger partial charge in [-0.15, -0.1) is 0 Å². The molecule has 0 aromatic rings. The van der Waals surface area contributed by atoms with Crippen LogP contribution in [0.25, 0.3) is 0 Å². The van der Waals surface area contributed by atoms with Crippen LogP contribution >= 0.6 is 0 Å². The molecule has 0 radical (unpaired) electrons. The van der Waals surface area contributed by atoms with Crippen molar-refractivity contribution in [1.82, 2.24) is 15.1 Å². The summed E-state index contributed by atoms with van der Waals surface area (Å²) in [5.41, 5.74) is 0. The van der Waals surface area contributed by atoms with Crippen LogP contribution in [0.5, 0.6) is 0 Å². The maximum atomic E-state index is 11.5. The van der Waals surface area contributed by atoms with Crippen LogP contribution in [0.3, 0.4) is 0 Å². The van der Waals surface area contributed by atoms with Crippen molar-refractivity contribution in [3.8, 4) is 0 Å². The van der Waals surface area contributed by atoms with E-state index in [1.54, 1.807) is 0 Å². The summed E-state index contributed by atoms with van der Waals surface area (Å²) in [5.74, 6) is 0.297. The Labute approximate surface area is 111 Å². The summed E-state index contributed by atoms with van der Waals surface area (Å²) in [7, 11) is 1.92. The van der Waals surface area contributed by atoms with E-state index < -0.39 is 0 Å². The predicted octanol–water partition coefficient (Wildman–Crippen LogP) is 1.07. The highest BCUT2D eigenvalue weighted by atomic mass is 16.2. The number of nitrogens with zero attached hydrogens (tertiary/aromatic N) is 2. The van der Waals surface area contributed by atoms with E-state index in [0.29, 0.717) is 24.4 Å². The molecule has 2 aliphatic heterocycles. The third-order valence-corrected chi connectivity index (χ3v) is 4.37. The van der Waals surface area contributed by atoms with Gasteiger partial charge >= 0.3 is 0 Å². The Morgan fingerprint density at radius 1 is 1.22 bits per heavy atom. The zero-order valence-electron chi connectivity index (χ0n) is 11.8. The van der Waals surface area contributed by atoms with E-state index in [2.05, 4.69) is 17.1 Å². The summed E-state index contributed by atoms with van der Waals surface area (Å²) >= 11 is 0. The molecule has 1 amide bonds. The molecule has 4 nitrogen and oxygen atoms in total. The van der Waals surface area contributed by atoms with Gasteiger partial charge in [0.15, 0.2) is 0 Å². The van der Waals surface area contributed by atoms with Crippen molar-refractivity contribution in [2.75, 3.05) is 33.2 Å². The Morgan fingerprint density at radius 2 is 2.06 bits per heavy atom.